The Balaban J connectivity index is 3.03. The molecule has 116 valence electrons. The molecule has 0 atom stereocenters. The summed E-state index contributed by atoms with van der Waals surface area (Å²) >= 11 is 5.92. The number of anilines is 1. The lowest BCUT2D eigenvalue weighted by molar-refractivity contribution is -0.384. The fourth-order valence-corrected chi connectivity index (χ4v) is 1.95. The summed E-state index contributed by atoms with van der Waals surface area (Å²) in [6, 6.07) is 4.31. The normalized spacial score (nSPS) is 10.2. The van der Waals surface area contributed by atoms with Crippen LogP contribution in [0, 0.1) is 10.1 Å². The first kappa shape index (κ1) is 17.2. The van der Waals surface area contributed by atoms with E-state index in [9.17, 15) is 14.9 Å². The van der Waals surface area contributed by atoms with Gasteiger partial charge in [-0.3, -0.25) is 14.9 Å². The summed E-state index contributed by atoms with van der Waals surface area (Å²) in [6.07, 6.45) is 0.115. The van der Waals surface area contributed by atoms with Crippen molar-refractivity contribution in [2.24, 2.45) is 0 Å². The Labute approximate surface area is 127 Å². The number of carbonyl (C=O) groups excluding carboxylic acids is 1. The van der Waals surface area contributed by atoms with E-state index < -0.39 is 4.92 Å². The van der Waals surface area contributed by atoms with Crippen molar-refractivity contribution in [3.63, 3.8) is 0 Å². The van der Waals surface area contributed by atoms with Gasteiger partial charge in [-0.15, -0.1) is 0 Å². The van der Waals surface area contributed by atoms with E-state index in [0.29, 0.717) is 23.9 Å². The number of nitro benzene ring substituents is 1. The first-order valence-corrected chi connectivity index (χ1v) is 6.62. The summed E-state index contributed by atoms with van der Waals surface area (Å²) in [7, 11) is 2.83. The van der Waals surface area contributed by atoms with E-state index in [0.717, 1.165) is 0 Å². The smallest absolute Gasteiger partial charge is 0.307 e. The summed E-state index contributed by atoms with van der Waals surface area (Å²) in [5, 5.41) is 11.5. The van der Waals surface area contributed by atoms with Gasteiger partial charge in [0, 0.05) is 31.3 Å². The van der Waals surface area contributed by atoms with Crippen LogP contribution in [0.25, 0.3) is 0 Å². The minimum absolute atomic E-state index is 0.0691. The van der Waals surface area contributed by atoms with Gasteiger partial charge < -0.3 is 14.4 Å². The van der Waals surface area contributed by atoms with Gasteiger partial charge in [0.25, 0.3) is 5.69 Å². The van der Waals surface area contributed by atoms with E-state index in [4.69, 9.17) is 16.3 Å². The Hall–Kier alpha value is -1.86. The Kier molecular flexibility index (Phi) is 6.90. The lowest BCUT2D eigenvalue weighted by Crippen LogP contribution is -2.30. The molecule has 0 aromatic heterocycles. The maximum Gasteiger partial charge on any atom is 0.307 e. The number of esters is 1. The average Bonchev–Trinajstić information content (AvgIpc) is 2.46. The molecule has 0 saturated heterocycles. The van der Waals surface area contributed by atoms with Crippen LogP contribution >= 0.6 is 11.6 Å². The molecule has 0 aliphatic heterocycles. The third kappa shape index (κ3) is 5.20. The quantitative estimate of drug-likeness (QED) is 0.415. The van der Waals surface area contributed by atoms with Crippen LogP contribution in [0.4, 0.5) is 11.4 Å². The number of hydrogen-bond donors (Lipinski definition) is 0. The van der Waals surface area contributed by atoms with Gasteiger partial charge >= 0.3 is 5.97 Å². The van der Waals surface area contributed by atoms with Gasteiger partial charge in [-0.1, -0.05) is 11.6 Å². The van der Waals surface area contributed by atoms with Gasteiger partial charge in [0.15, 0.2) is 0 Å². The Bertz CT molecular complexity index is 509. The highest BCUT2D eigenvalue weighted by molar-refractivity contribution is 6.31. The molecular weight excluding hydrogens is 300 g/mol. The molecule has 0 fully saturated rings. The molecule has 0 aliphatic rings. The molecule has 0 spiro atoms. The highest BCUT2D eigenvalue weighted by Crippen LogP contribution is 2.31. The molecule has 0 unspecified atom stereocenters. The van der Waals surface area contributed by atoms with Crippen LogP contribution in [-0.4, -0.2) is 44.8 Å². The fraction of sp³-hybridized carbons (Fsp3) is 0.462. The van der Waals surface area contributed by atoms with Crippen LogP contribution in [0.15, 0.2) is 18.2 Å². The third-order valence-corrected chi connectivity index (χ3v) is 3.09. The molecule has 21 heavy (non-hydrogen) atoms. The van der Waals surface area contributed by atoms with E-state index in [1.807, 2.05) is 0 Å². The summed E-state index contributed by atoms with van der Waals surface area (Å²) in [5.74, 6) is -0.387. The predicted molar refractivity (Wildman–Crippen MR) is 78.8 cm³/mol. The topological polar surface area (TPSA) is 81.9 Å². The number of rotatable bonds is 8. The second-order valence-corrected chi connectivity index (χ2v) is 4.63. The second kappa shape index (κ2) is 8.43. The Morgan fingerprint density at radius 1 is 1.38 bits per heavy atom. The molecule has 0 heterocycles. The third-order valence-electron chi connectivity index (χ3n) is 2.85. The number of nitro groups is 1. The van der Waals surface area contributed by atoms with E-state index in [1.54, 1.807) is 4.90 Å². The van der Waals surface area contributed by atoms with Crippen molar-refractivity contribution >= 4 is 28.9 Å². The minimum atomic E-state index is -0.483. The number of ether oxygens (including phenoxy) is 2. The van der Waals surface area contributed by atoms with Crippen molar-refractivity contribution in [2.75, 3.05) is 38.8 Å². The lowest BCUT2D eigenvalue weighted by atomic mass is 10.2. The number of carbonyl (C=O) groups is 1. The zero-order valence-corrected chi connectivity index (χ0v) is 12.6. The molecule has 0 N–H and O–H groups in total. The SMILES string of the molecule is COCCN(CCC(=O)OC)c1cc(Cl)ccc1[N+](=O)[O-]. The van der Waals surface area contributed by atoms with Gasteiger partial charge in [-0.05, 0) is 12.1 Å². The van der Waals surface area contributed by atoms with Crippen molar-refractivity contribution in [2.45, 2.75) is 6.42 Å². The maximum atomic E-state index is 11.3. The van der Waals surface area contributed by atoms with E-state index in [2.05, 4.69) is 4.74 Å². The maximum absolute atomic E-state index is 11.3. The molecular formula is C13H17ClN2O5. The number of hydrogen-bond acceptors (Lipinski definition) is 6. The fourth-order valence-electron chi connectivity index (χ4n) is 1.79. The molecule has 0 bridgehead atoms. The van der Waals surface area contributed by atoms with Crippen molar-refractivity contribution < 1.29 is 19.2 Å². The summed E-state index contributed by atoms with van der Waals surface area (Å²) in [5.41, 5.74) is 0.286. The molecule has 1 aromatic rings. The zero-order chi connectivity index (χ0) is 15.8. The van der Waals surface area contributed by atoms with Crippen LogP contribution in [-0.2, 0) is 14.3 Å². The van der Waals surface area contributed by atoms with Crippen molar-refractivity contribution in [1.82, 2.24) is 0 Å². The monoisotopic (exact) mass is 316 g/mol. The van der Waals surface area contributed by atoms with Crippen LogP contribution in [0.1, 0.15) is 6.42 Å². The van der Waals surface area contributed by atoms with Gasteiger partial charge in [-0.25, -0.2) is 0 Å². The van der Waals surface area contributed by atoms with Crippen LogP contribution in [0.2, 0.25) is 5.02 Å². The van der Waals surface area contributed by atoms with Crippen molar-refractivity contribution in [3.8, 4) is 0 Å². The molecule has 0 aliphatic carbocycles. The minimum Gasteiger partial charge on any atom is -0.469 e. The van der Waals surface area contributed by atoms with E-state index in [1.165, 1.54) is 32.4 Å². The van der Waals surface area contributed by atoms with Gasteiger partial charge in [-0.2, -0.15) is 0 Å². The van der Waals surface area contributed by atoms with E-state index >= 15 is 0 Å². The predicted octanol–water partition coefficient (Wildman–Crippen LogP) is 2.26. The molecule has 0 amide bonds. The first-order chi connectivity index (χ1) is 9.99. The van der Waals surface area contributed by atoms with Gasteiger partial charge in [0.1, 0.15) is 5.69 Å². The highest BCUT2D eigenvalue weighted by atomic mass is 35.5. The summed E-state index contributed by atoms with van der Waals surface area (Å²) < 4.78 is 9.58. The summed E-state index contributed by atoms with van der Waals surface area (Å²) in [6.45, 7) is 1.04. The number of methoxy groups -OCH3 is 2. The molecule has 7 nitrogen and oxygen atoms in total. The number of nitrogens with zero attached hydrogens (tertiary/aromatic N) is 2. The largest absolute Gasteiger partial charge is 0.469 e. The van der Waals surface area contributed by atoms with Crippen LogP contribution < -0.4 is 4.90 Å². The molecule has 8 heteroatoms. The zero-order valence-electron chi connectivity index (χ0n) is 11.9. The summed E-state index contributed by atoms with van der Waals surface area (Å²) in [4.78, 5) is 23.6. The molecule has 0 saturated carbocycles. The van der Waals surface area contributed by atoms with Crippen LogP contribution in [0.5, 0.6) is 0 Å². The molecule has 0 radical (unpaired) electrons. The lowest BCUT2D eigenvalue weighted by Gasteiger charge is -2.24. The molecule has 1 aromatic carbocycles. The van der Waals surface area contributed by atoms with Gasteiger partial charge in [0.2, 0.25) is 0 Å². The van der Waals surface area contributed by atoms with Crippen molar-refractivity contribution in [1.29, 1.82) is 0 Å². The number of halogens is 1. The van der Waals surface area contributed by atoms with E-state index in [-0.39, 0.29) is 24.6 Å². The standard InChI is InChI=1S/C13H17ClN2O5/c1-20-8-7-15(6-5-13(17)21-2)12-9-10(14)3-4-11(12)16(18)19/h3-4,9H,5-8H2,1-2H3. The van der Waals surface area contributed by atoms with Gasteiger partial charge in [0.05, 0.1) is 25.1 Å². The number of benzene rings is 1. The average molecular weight is 317 g/mol. The Morgan fingerprint density at radius 3 is 2.67 bits per heavy atom. The first-order valence-electron chi connectivity index (χ1n) is 6.24. The Morgan fingerprint density at radius 2 is 2.10 bits per heavy atom. The second-order valence-electron chi connectivity index (χ2n) is 4.20. The highest BCUT2D eigenvalue weighted by Gasteiger charge is 2.20. The van der Waals surface area contributed by atoms with Crippen molar-refractivity contribution in [3.05, 3.63) is 33.3 Å². The van der Waals surface area contributed by atoms with Crippen LogP contribution in [0.3, 0.4) is 0 Å². The molecule has 1 rings (SSSR count).